The number of fused-ring (bicyclic) bond motifs is 6. The zero-order chi connectivity index (χ0) is 55.1. The van der Waals surface area contributed by atoms with E-state index >= 15 is 0 Å². The lowest BCUT2D eigenvalue weighted by Gasteiger charge is -2.20. The summed E-state index contributed by atoms with van der Waals surface area (Å²) in [6.45, 7) is 9.49. The third-order valence-corrected chi connectivity index (χ3v) is 13.8. The van der Waals surface area contributed by atoms with Gasteiger partial charge in [-0.05, 0) is 73.9 Å². The summed E-state index contributed by atoms with van der Waals surface area (Å²) in [6, 6.07) is 17.4. The molecule has 0 bridgehead atoms. The summed E-state index contributed by atoms with van der Waals surface area (Å²) in [6.07, 6.45) is 16.0. The fourth-order valence-electron chi connectivity index (χ4n) is 9.43. The summed E-state index contributed by atoms with van der Waals surface area (Å²) >= 11 is 0. The molecule has 12 aromatic rings. The van der Waals surface area contributed by atoms with Crippen molar-refractivity contribution >= 4 is 33.9 Å². The molecule has 0 saturated carbocycles. The van der Waals surface area contributed by atoms with Crippen LogP contribution in [-0.4, -0.2) is 144 Å². The predicted molar refractivity (Wildman–Crippen MR) is 296 cm³/mol. The molecule has 3 aliphatic heterocycles. The van der Waals surface area contributed by atoms with Crippen LogP contribution in [0.15, 0.2) is 110 Å². The van der Waals surface area contributed by atoms with Gasteiger partial charge in [0.1, 0.15) is 39.6 Å². The quantitative estimate of drug-likeness (QED) is 0.146. The molecule has 0 spiro atoms. The molecule has 0 radical (unpaired) electrons. The number of aromatic nitrogens is 21. The first-order valence-electron chi connectivity index (χ1n) is 26.0. The minimum absolute atomic E-state index is 0. The lowest BCUT2D eigenvalue weighted by Crippen LogP contribution is -2.16. The maximum absolute atomic E-state index is 5.69. The van der Waals surface area contributed by atoms with Crippen LogP contribution < -0.4 is 28.4 Å². The summed E-state index contributed by atoms with van der Waals surface area (Å²) in [5.74, 6) is 4.53. The van der Waals surface area contributed by atoms with Crippen LogP contribution in [0.3, 0.4) is 0 Å². The van der Waals surface area contributed by atoms with Gasteiger partial charge >= 0.3 is 0 Å². The van der Waals surface area contributed by atoms with Crippen molar-refractivity contribution in [3.05, 3.63) is 127 Å². The fourth-order valence-corrected chi connectivity index (χ4v) is 9.43. The Morgan fingerprint density at radius 2 is 0.659 bits per heavy atom. The van der Waals surface area contributed by atoms with E-state index in [0.717, 1.165) is 85.0 Å². The second-order valence-electron chi connectivity index (χ2n) is 19.3. The molecule has 15 rings (SSSR count). The van der Waals surface area contributed by atoms with Crippen molar-refractivity contribution < 1.29 is 28.4 Å². The highest BCUT2D eigenvalue weighted by Crippen LogP contribution is 2.37. The van der Waals surface area contributed by atoms with Crippen LogP contribution in [0, 0.1) is 0 Å². The SMILES string of the molecule is C.CC(c1ccc2c(c1)OCCO2)n1nnc2ncc(-c3cnn(C)c3)nc21.C[C@@H](c1ccc2c(c1)OCCO2)n1nnc2ncc(-c3cnn(C)c3)nc21.C[C@H](c1ccc2c(c1)OCCO2)n1nnc2ncc(-c3cnn(C)c3)nc21. The number of rotatable bonds is 9. The Hall–Kier alpha value is -10.5. The van der Waals surface area contributed by atoms with Crippen molar-refractivity contribution in [2.75, 3.05) is 39.6 Å². The molecule has 12 heterocycles. The Morgan fingerprint density at radius 3 is 0.927 bits per heavy atom. The Kier molecular flexibility index (Phi) is 14.0. The molecule has 0 amide bonds. The first kappa shape index (κ1) is 52.2. The van der Waals surface area contributed by atoms with Crippen LogP contribution in [0.2, 0.25) is 0 Å². The molecular weight excluding hydrogens is 1050 g/mol. The molecule has 3 aromatic carbocycles. The maximum Gasteiger partial charge on any atom is 0.221 e. The summed E-state index contributed by atoms with van der Waals surface area (Å²) < 4.78 is 44.4. The second kappa shape index (κ2) is 22.0. The van der Waals surface area contributed by atoms with E-state index < -0.39 is 0 Å². The van der Waals surface area contributed by atoms with Crippen molar-refractivity contribution in [3.8, 4) is 68.3 Å². The molecule has 27 heteroatoms. The van der Waals surface area contributed by atoms with Crippen LogP contribution in [0.1, 0.15) is 63.0 Å². The van der Waals surface area contributed by atoms with Crippen LogP contribution in [0.4, 0.5) is 0 Å². The van der Waals surface area contributed by atoms with Gasteiger partial charge in [0.15, 0.2) is 51.4 Å². The molecule has 9 aromatic heterocycles. The number of benzene rings is 3. The average Bonchev–Trinajstić information content (AvgIpc) is 4.54. The first-order valence-corrected chi connectivity index (χ1v) is 26.0. The molecule has 1 unspecified atom stereocenters. The predicted octanol–water partition coefficient (Wildman–Crippen LogP) is 6.64. The van der Waals surface area contributed by atoms with E-state index in [2.05, 4.69) is 61.2 Å². The molecule has 0 saturated heterocycles. The highest BCUT2D eigenvalue weighted by molar-refractivity contribution is 5.72. The number of ether oxygens (including phenoxy) is 6. The van der Waals surface area contributed by atoms with Crippen molar-refractivity contribution in [2.24, 2.45) is 21.1 Å². The molecule has 3 atom stereocenters. The van der Waals surface area contributed by atoms with Crippen LogP contribution in [0.5, 0.6) is 34.5 Å². The van der Waals surface area contributed by atoms with E-state index in [1.165, 1.54) is 0 Å². The fraction of sp³-hybridized carbons (Fsp3) is 0.291. The van der Waals surface area contributed by atoms with Gasteiger partial charge in [-0.3, -0.25) is 14.0 Å². The van der Waals surface area contributed by atoms with Gasteiger partial charge in [-0.1, -0.05) is 41.3 Å². The molecule has 0 fully saturated rings. The van der Waals surface area contributed by atoms with E-state index in [-0.39, 0.29) is 25.6 Å². The molecule has 3 aliphatic rings. The molecule has 27 nitrogen and oxygen atoms in total. The van der Waals surface area contributed by atoms with Crippen molar-refractivity contribution in [1.82, 2.24) is 104 Å². The molecular formula is C55H55N21O6. The Bertz CT molecular complexity index is 3830. The van der Waals surface area contributed by atoms with Crippen molar-refractivity contribution in [2.45, 2.75) is 46.3 Å². The van der Waals surface area contributed by atoms with E-state index in [9.17, 15) is 0 Å². The van der Waals surface area contributed by atoms with E-state index in [0.29, 0.717) is 73.5 Å². The average molecular weight is 1110 g/mol. The highest BCUT2D eigenvalue weighted by atomic mass is 16.6. The van der Waals surface area contributed by atoms with Gasteiger partial charge in [-0.2, -0.15) is 15.3 Å². The largest absolute Gasteiger partial charge is 0.486 e. The third-order valence-electron chi connectivity index (χ3n) is 13.8. The lowest BCUT2D eigenvalue weighted by molar-refractivity contribution is 0.171. The smallest absolute Gasteiger partial charge is 0.221 e. The number of hydrogen-bond donors (Lipinski definition) is 0. The summed E-state index contributed by atoms with van der Waals surface area (Å²) in [7, 11) is 5.60. The van der Waals surface area contributed by atoms with Gasteiger partial charge in [0.25, 0.3) is 0 Å². The number of nitrogens with zero attached hydrogens (tertiary/aromatic N) is 21. The molecule has 82 heavy (non-hydrogen) atoms. The maximum atomic E-state index is 5.69. The molecule has 0 aliphatic carbocycles. The van der Waals surface area contributed by atoms with Crippen LogP contribution >= 0.6 is 0 Å². The van der Waals surface area contributed by atoms with Gasteiger partial charge in [0.2, 0.25) is 16.9 Å². The van der Waals surface area contributed by atoms with Crippen LogP contribution in [-0.2, 0) is 21.1 Å². The second-order valence-corrected chi connectivity index (χ2v) is 19.3. The van der Waals surface area contributed by atoms with Gasteiger partial charge < -0.3 is 28.4 Å². The number of hydrogen-bond acceptors (Lipinski definition) is 21. The van der Waals surface area contributed by atoms with Crippen LogP contribution in [0.25, 0.3) is 67.7 Å². The summed E-state index contributed by atoms with van der Waals surface area (Å²) in [5.41, 5.74) is 11.3. The topological polar surface area (TPSA) is 278 Å². The lowest BCUT2D eigenvalue weighted by atomic mass is 10.1. The Labute approximate surface area is 467 Å². The summed E-state index contributed by atoms with van der Waals surface area (Å²) in [4.78, 5) is 27.3. The Balaban J connectivity index is 0.000000121. The van der Waals surface area contributed by atoms with Gasteiger partial charge in [0, 0.05) is 56.4 Å². The molecule has 416 valence electrons. The van der Waals surface area contributed by atoms with Crippen molar-refractivity contribution in [1.29, 1.82) is 0 Å². The van der Waals surface area contributed by atoms with Gasteiger partial charge in [-0.25, -0.2) is 43.9 Å². The zero-order valence-corrected chi connectivity index (χ0v) is 44.7. The van der Waals surface area contributed by atoms with E-state index in [1.807, 2.05) is 115 Å². The summed E-state index contributed by atoms with van der Waals surface area (Å²) in [5, 5.41) is 37.9. The zero-order valence-electron chi connectivity index (χ0n) is 44.7. The van der Waals surface area contributed by atoms with E-state index in [1.54, 1.807) is 65.3 Å². The van der Waals surface area contributed by atoms with Gasteiger partial charge in [0.05, 0.1) is 72.4 Å². The third kappa shape index (κ3) is 10.2. The molecule has 0 N–H and O–H groups in total. The highest BCUT2D eigenvalue weighted by Gasteiger charge is 2.24. The minimum Gasteiger partial charge on any atom is -0.486 e. The Morgan fingerprint density at radius 1 is 0.378 bits per heavy atom. The normalized spacial score (nSPS) is 14.3. The monoisotopic (exact) mass is 1110 g/mol. The first-order chi connectivity index (χ1) is 39.6. The van der Waals surface area contributed by atoms with Gasteiger partial charge in [-0.15, -0.1) is 15.3 Å². The van der Waals surface area contributed by atoms with E-state index in [4.69, 9.17) is 43.4 Å². The standard InChI is InChI=1S/3C18H17N7O2.CH4/c3*1-11(12-3-4-15-16(7-12)27-6-5-26-15)25-18-17(22-23-25)19-9-14(21-18)13-8-20-24(2)10-13;/h3*3-4,7-11H,5-6H2,1-2H3;1H4/t2*11-;;/m10../s1. The number of aryl methyl sites for hydroxylation is 3. The minimum atomic E-state index is -0.0933. The van der Waals surface area contributed by atoms with Crippen molar-refractivity contribution in [3.63, 3.8) is 0 Å².